The number of aromatic nitrogens is 1. The smallest absolute Gasteiger partial charge is 0.276 e. The third kappa shape index (κ3) is 4.23. The first kappa shape index (κ1) is 13.2. The van der Waals surface area contributed by atoms with Crippen molar-refractivity contribution in [3.05, 3.63) is 22.2 Å². The Bertz CT molecular complexity index is 409. The Morgan fingerprint density at radius 1 is 1.59 bits per heavy atom. The van der Waals surface area contributed by atoms with Gasteiger partial charge in [0.05, 0.1) is 23.2 Å². The van der Waals surface area contributed by atoms with Gasteiger partial charge in [-0.25, -0.2) is 4.98 Å². The zero-order valence-corrected chi connectivity index (χ0v) is 9.75. The molecule has 2 unspecified atom stereocenters. The van der Waals surface area contributed by atoms with Gasteiger partial charge in [-0.2, -0.15) is 0 Å². The number of pyridine rings is 1. The van der Waals surface area contributed by atoms with E-state index >= 15 is 0 Å². The van der Waals surface area contributed by atoms with E-state index in [2.05, 4.69) is 10.3 Å². The summed E-state index contributed by atoms with van der Waals surface area (Å²) in [4.78, 5) is 14.0. The van der Waals surface area contributed by atoms with E-state index in [1.54, 1.807) is 6.92 Å². The predicted molar refractivity (Wildman–Crippen MR) is 64.7 cm³/mol. The molecular formula is C10H16N4O3. The first-order valence-electron chi connectivity index (χ1n) is 5.25. The number of nitrogen functional groups attached to an aromatic ring is 1. The molecule has 4 N–H and O–H groups in total. The maximum Gasteiger partial charge on any atom is 0.276 e. The lowest BCUT2D eigenvalue weighted by molar-refractivity contribution is -0.384. The normalized spacial score (nSPS) is 14.1. The number of rotatable bonds is 5. The number of nitro groups is 1. The summed E-state index contributed by atoms with van der Waals surface area (Å²) in [5.74, 6) is 0.427. The number of aliphatic hydroxyl groups excluding tert-OH is 1. The van der Waals surface area contributed by atoms with Crippen molar-refractivity contribution in [3.63, 3.8) is 0 Å². The van der Waals surface area contributed by atoms with Gasteiger partial charge in [0.1, 0.15) is 11.6 Å². The molecule has 0 aromatic carbocycles. The Kier molecular flexibility index (Phi) is 4.22. The summed E-state index contributed by atoms with van der Waals surface area (Å²) in [6, 6.07) is 2.46. The highest BCUT2D eigenvalue weighted by atomic mass is 16.6. The highest BCUT2D eigenvalue weighted by Crippen LogP contribution is 2.19. The molecule has 0 saturated carbocycles. The molecule has 0 radical (unpaired) electrons. The van der Waals surface area contributed by atoms with E-state index in [1.165, 1.54) is 12.1 Å². The van der Waals surface area contributed by atoms with E-state index in [-0.39, 0.29) is 17.5 Å². The molecule has 0 amide bonds. The molecule has 1 rings (SSSR count). The lowest BCUT2D eigenvalue weighted by Crippen LogP contribution is -2.21. The van der Waals surface area contributed by atoms with Crippen molar-refractivity contribution in [2.45, 2.75) is 32.4 Å². The Labute approximate surface area is 98.8 Å². The molecule has 0 bridgehead atoms. The molecule has 1 aromatic rings. The van der Waals surface area contributed by atoms with Gasteiger partial charge >= 0.3 is 0 Å². The second-order valence-electron chi connectivity index (χ2n) is 4.02. The molecule has 0 spiro atoms. The number of hydrogen-bond acceptors (Lipinski definition) is 6. The average Bonchev–Trinajstić information content (AvgIpc) is 2.14. The number of nitrogens with zero attached hydrogens (tertiary/aromatic N) is 2. The molecule has 0 fully saturated rings. The molecule has 1 aromatic heterocycles. The minimum Gasteiger partial charge on any atom is -0.393 e. The van der Waals surface area contributed by atoms with Gasteiger partial charge in [0.15, 0.2) is 0 Å². The van der Waals surface area contributed by atoms with E-state index in [0.717, 1.165) is 0 Å². The molecule has 7 heteroatoms. The van der Waals surface area contributed by atoms with Crippen LogP contribution < -0.4 is 11.1 Å². The first-order valence-corrected chi connectivity index (χ1v) is 5.25. The number of anilines is 2. The van der Waals surface area contributed by atoms with Crippen molar-refractivity contribution in [1.82, 2.24) is 4.98 Å². The number of hydrogen-bond donors (Lipinski definition) is 3. The minimum absolute atomic E-state index is 0.0519. The third-order valence-corrected chi connectivity index (χ3v) is 2.13. The van der Waals surface area contributed by atoms with Crippen molar-refractivity contribution >= 4 is 17.3 Å². The van der Waals surface area contributed by atoms with Crippen LogP contribution in [0.2, 0.25) is 0 Å². The number of nitrogens with one attached hydrogen (secondary N) is 1. The SMILES string of the molecule is CC(O)CC(C)Nc1cc([N+](=O)[O-])cc(N)n1. The molecule has 0 aliphatic rings. The largest absolute Gasteiger partial charge is 0.393 e. The molecule has 1 heterocycles. The molecule has 17 heavy (non-hydrogen) atoms. The summed E-state index contributed by atoms with van der Waals surface area (Å²) in [7, 11) is 0. The van der Waals surface area contributed by atoms with Gasteiger partial charge in [-0.1, -0.05) is 0 Å². The van der Waals surface area contributed by atoms with Gasteiger partial charge in [-0.15, -0.1) is 0 Å². The molecule has 0 aliphatic carbocycles. The standard InChI is InChI=1S/C10H16N4O3/c1-6(3-7(2)15)12-10-5-8(14(16)17)4-9(11)13-10/h4-7,15H,3H2,1-2H3,(H3,11,12,13). The molecule has 94 valence electrons. The van der Waals surface area contributed by atoms with Gasteiger partial charge < -0.3 is 16.2 Å². The van der Waals surface area contributed by atoms with E-state index in [4.69, 9.17) is 5.73 Å². The van der Waals surface area contributed by atoms with Crippen molar-refractivity contribution in [3.8, 4) is 0 Å². The van der Waals surface area contributed by atoms with Gasteiger partial charge in [0.25, 0.3) is 5.69 Å². The van der Waals surface area contributed by atoms with Crippen LogP contribution in [0.4, 0.5) is 17.3 Å². The summed E-state index contributed by atoms with van der Waals surface area (Å²) in [6.45, 7) is 3.52. The van der Waals surface area contributed by atoms with Crippen LogP contribution >= 0.6 is 0 Å². The summed E-state index contributed by atoms with van der Waals surface area (Å²) in [5.41, 5.74) is 5.36. The average molecular weight is 240 g/mol. The summed E-state index contributed by atoms with van der Waals surface area (Å²) in [5, 5.41) is 22.8. The summed E-state index contributed by atoms with van der Waals surface area (Å²) in [6.07, 6.45) is 0.0677. The maximum atomic E-state index is 10.6. The van der Waals surface area contributed by atoms with E-state index in [0.29, 0.717) is 12.2 Å². The fraction of sp³-hybridized carbons (Fsp3) is 0.500. The molecule has 0 saturated heterocycles. The van der Waals surface area contributed by atoms with Gasteiger partial charge in [0.2, 0.25) is 0 Å². The number of nitrogens with two attached hydrogens (primary N) is 1. The Hall–Kier alpha value is -1.89. The second-order valence-corrected chi connectivity index (χ2v) is 4.02. The van der Waals surface area contributed by atoms with Gasteiger partial charge in [-0.3, -0.25) is 10.1 Å². The Morgan fingerprint density at radius 3 is 2.76 bits per heavy atom. The van der Waals surface area contributed by atoms with Crippen LogP contribution in [0.1, 0.15) is 20.3 Å². The van der Waals surface area contributed by atoms with E-state index < -0.39 is 11.0 Å². The molecule has 0 aliphatic heterocycles. The monoisotopic (exact) mass is 240 g/mol. The van der Waals surface area contributed by atoms with Crippen molar-refractivity contribution in [1.29, 1.82) is 0 Å². The fourth-order valence-corrected chi connectivity index (χ4v) is 1.54. The van der Waals surface area contributed by atoms with E-state index in [9.17, 15) is 15.2 Å². The minimum atomic E-state index is -0.525. The Morgan fingerprint density at radius 2 is 2.24 bits per heavy atom. The van der Waals surface area contributed by atoms with Crippen LogP contribution in [-0.4, -0.2) is 27.2 Å². The first-order chi connectivity index (χ1) is 7.88. The zero-order valence-electron chi connectivity index (χ0n) is 9.75. The lowest BCUT2D eigenvalue weighted by Gasteiger charge is -2.15. The van der Waals surface area contributed by atoms with E-state index in [1.807, 2.05) is 6.92 Å². The maximum absolute atomic E-state index is 10.6. The number of aliphatic hydroxyl groups is 1. The highest BCUT2D eigenvalue weighted by molar-refractivity contribution is 5.52. The van der Waals surface area contributed by atoms with Crippen LogP contribution in [0.5, 0.6) is 0 Å². The quantitative estimate of drug-likeness (QED) is 0.525. The molecule has 2 atom stereocenters. The summed E-state index contributed by atoms with van der Waals surface area (Å²) < 4.78 is 0. The van der Waals surface area contributed by atoms with Crippen LogP contribution in [0.25, 0.3) is 0 Å². The van der Waals surface area contributed by atoms with Crippen molar-refractivity contribution < 1.29 is 10.0 Å². The lowest BCUT2D eigenvalue weighted by atomic mass is 10.1. The van der Waals surface area contributed by atoms with Crippen LogP contribution in [0.15, 0.2) is 12.1 Å². The van der Waals surface area contributed by atoms with Crippen LogP contribution in [-0.2, 0) is 0 Å². The Balaban J connectivity index is 2.80. The van der Waals surface area contributed by atoms with Crippen molar-refractivity contribution in [2.24, 2.45) is 0 Å². The zero-order chi connectivity index (χ0) is 13.0. The van der Waals surface area contributed by atoms with Crippen molar-refractivity contribution in [2.75, 3.05) is 11.1 Å². The molecular weight excluding hydrogens is 224 g/mol. The highest BCUT2D eigenvalue weighted by Gasteiger charge is 2.12. The second kappa shape index (κ2) is 5.44. The summed E-state index contributed by atoms with van der Waals surface area (Å²) >= 11 is 0. The fourth-order valence-electron chi connectivity index (χ4n) is 1.54. The van der Waals surface area contributed by atoms with Gasteiger partial charge in [-0.05, 0) is 20.3 Å². The topological polar surface area (TPSA) is 114 Å². The van der Waals surface area contributed by atoms with Gasteiger partial charge in [0, 0.05) is 6.04 Å². The van der Waals surface area contributed by atoms with Crippen LogP contribution in [0.3, 0.4) is 0 Å². The third-order valence-electron chi connectivity index (χ3n) is 2.13. The molecule has 7 nitrogen and oxygen atoms in total. The van der Waals surface area contributed by atoms with Crippen LogP contribution in [0, 0.1) is 10.1 Å². The predicted octanol–water partition coefficient (Wildman–Crippen LogP) is 1.14.